The summed E-state index contributed by atoms with van der Waals surface area (Å²) in [6.45, 7) is 15.9. The largest absolute Gasteiger partial charge is 0.393 e. The van der Waals surface area contributed by atoms with Gasteiger partial charge in [0.1, 0.15) is 11.7 Å². The van der Waals surface area contributed by atoms with Crippen LogP contribution in [-0.4, -0.2) is 51.6 Å². The van der Waals surface area contributed by atoms with E-state index in [9.17, 15) is 15.3 Å². The van der Waals surface area contributed by atoms with Crippen LogP contribution in [0.3, 0.4) is 0 Å². The molecule has 5 nitrogen and oxygen atoms in total. The van der Waals surface area contributed by atoms with Gasteiger partial charge in [-0.3, -0.25) is 0 Å². The van der Waals surface area contributed by atoms with Crippen LogP contribution in [0.25, 0.3) is 0 Å². The molecule has 196 valence electrons. The van der Waals surface area contributed by atoms with Gasteiger partial charge >= 0.3 is 0 Å². The molecule has 35 heavy (non-hydrogen) atoms. The molecule has 0 aromatic heterocycles. The summed E-state index contributed by atoms with van der Waals surface area (Å²) in [6, 6.07) is 0. The zero-order chi connectivity index (χ0) is 25.4. The van der Waals surface area contributed by atoms with Crippen molar-refractivity contribution in [1.29, 1.82) is 0 Å². The zero-order valence-corrected chi connectivity index (χ0v) is 22.7. The summed E-state index contributed by atoms with van der Waals surface area (Å²) in [6.07, 6.45) is 9.24. The maximum absolute atomic E-state index is 11.0. The minimum absolute atomic E-state index is 0.0129. The van der Waals surface area contributed by atoms with Crippen LogP contribution >= 0.6 is 0 Å². The fourth-order valence-electron chi connectivity index (χ4n) is 10.2. The van der Waals surface area contributed by atoms with Crippen molar-refractivity contribution in [3.63, 3.8) is 0 Å². The molecule has 0 bridgehead atoms. The third-order valence-electron chi connectivity index (χ3n) is 12.4. The molecule has 4 aliphatic carbocycles. The van der Waals surface area contributed by atoms with E-state index >= 15 is 0 Å². The first-order chi connectivity index (χ1) is 16.1. The Labute approximate surface area is 211 Å². The van der Waals surface area contributed by atoms with Crippen LogP contribution in [0.4, 0.5) is 0 Å². The lowest BCUT2D eigenvalue weighted by Gasteiger charge is -2.61. The number of allylic oxidation sites excluding steroid dienone is 4. The number of rotatable bonds is 0. The van der Waals surface area contributed by atoms with Crippen molar-refractivity contribution in [3.05, 3.63) is 23.3 Å². The van der Waals surface area contributed by atoms with Crippen molar-refractivity contribution in [3.8, 4) is 0 Å². The van der Waals surface area contributed by atoms with E-state index in [0.717, 1.165) is 32.1 Å². The predicted octanol–water partition coefficient (Wildman–Crippen LogP) is 4.75. The lowest BCUT2D eigenvalue weighted by molar-refractivity contribution is -0.312. The second kappa shape index (κ2) is 7.02. The smallest absolute Gasteiger partial charge is 0.198 e. The molecule has 2 saturated heterocycles. The Morgan fingerprint density at radius 2 is 1.69 bits per heavy atom. The summed E-state index contributed by atoms with van der Waals surface area (Å²) >= 11 is 0. The Morgan fingerprint density at radius 3 is 2.34 bits per heavy atom. The van der Waals surface area contributed by atoms with Crippen LogP contribution in [-0.2, 0) is 9.47 Å². The highest BCUT2D eigenvalue weighted by atomic mass is 16.7. The van der Waals surface area contributed by atoms with E-state index in [1.165, 1.54) is 11.1 Å². The van der Waals surface area contributed by atoms with Gasteiger partial charge in [-0.25, -0.2) is 0 Å². The van der Waals surface area contributed by atoms with Crippen molar-refractivity contribution in [2.75, 3.05) is 6.61 Å². The average Bonchev–Trinajstić information content (AvgIpc) is 3.13. The van der Waals surface area contributed by atoms with E-state index in [1.807, 2.05) is 0 Å². The lowest BCUT2D eigenvalue weighted by atomic mass is 9.44. The van der Waals surface area contributed by atoms with Crippen molar-refractivity contribution in [1.82, 2.24) is 0 Å². The quantitative estimate of drug-likeness (QED) is 0.461. The normalized spacial score (nSPS) is 58.7. The third kappa shape index (κ3) is 2.83. The number of aliphatic hydroxyl groups is 3. The van der Waals surface area contributed by atoms with Crippen molar-refractivity contribution in [2.24, 2.45) is 39.4 Å². The zero-order valence-electron chi connectivity index (χ0n) is 22.7. The van der Waals surface area contributed by atoms with E-state index in [2.05, 4.69) is 53.7 Å². The monoisotopic (exact) mass is 486 g/mol. The van der Waals surface area contributed by atoms with Crippen molar-refractivity contribution >= 4 is 0 Å². The van der Waals surface area contributed by atoms with Gasteiger partial charge in [-0.05, 0) is 84.2 Å². The summed E-state index contributed by atoms with van der Waals surface area (Å²) in [4.78, 5) is 0. The summed E-state index contributed by atoms with van der Waals surface area (Å²) < 4.78 is 12.8. The second-order valence-electron chi connectivity index (χ2n) is 14.7. The number of ether oxygens (including phenoxy) is 2. The summed E-state index contributed by atoms with van der Waals surface area (Å²) in [7, 11) is 0. The number of hydrogen-bond acceptors (Lipinski definition) is 5. The molecule has 2 aliphatic heterocycles. The minimum Gasteiger partial charge on any atom is -0.393 e. The predicted molar refractivity (Wildman–Crippen MR) is 134 cm³/mol. The number of aliphatic hydroxyl groups excluding tert-OH is 2. The van der Waals surface area contributed by atoms with Gasteiger partial charge in [0.25, 0.3) is 0 Å². The van der Waals surface area contributed by atoms with E-state index in [1.54, 1.807) is 6.92 Å². The summed E-state index contributed by atoms with van der Waals surface area (Å²) in [5, 5.41) is 32.6. The molecule has 0 unspecified atom stereocenters. The first-order valence-corrected chi connectivity index (χ1v) is 13.9. The van der Waals surface area contributed by atoms with Gasteiger partial charge in [0.15, 0.2) is 5.79 Å². The van der Waals surface area contributed by atoms with Crippen LogP contribution in [0.5, 0.6) is 0 Å². The second-order valence-corrected chi connectivity index (χ2v) is 14.7. The Kier molecular flexibility index (Phi) is 4.94. The minimum atomic E-state index is -1.28. The topological polar surface area (TPSA) is 79.2 Å². The first-order valence-electron chi connectivity index (χ1n) is 13.9. The van der Waals surface area contributed by atoms with E-state index in [4.69, 9.17) is 9.47 Å². The lowest BCUT2D eigenvalue weighted by Crippen LogP contribution is -2.58. The maximum atomic E-state index is 11.0. The van der Waals surface area contributed by atoms with Crippen LogP contribution in [0.15, 0.2) is 23.3 Å². The van der Waals surface area contributed by atoms with Gasteiger partial charge in [-0.15, -0.1) is 0 Å². The molecule has 6 aliphatic rings. The molecular formula is C30H46O5. The van der Waals surface area contributed by atoms with Gasteiger partial charge in [0.05, 0.1) is 18.8 Å². The summed E-state index contributed by atoms with van der Waals surface area (Å²) in [5.41, 5.74) is 1.78. The molecular weight excluding hydrogens is 440 g/mol. The highest BCUT2D eigenvalue weighted by Gasteiger charge is 2.70. The van der Waals surface area contributed by atoms with E-state index < -0.39 is 17.5 Å². The molecule has 0 amide bonds. The van der Waals surface area contributed by atoms with Crippen LogP contribution in [0, 0.1) is 39.4 Å². The molecule has 0 radical (unpaired) electrons. The Bertz CT molecular complexity index is 997. The molecule has 0 aromatic rings. The van der Waals surface area contributed by atoms with Gasteiger partial charge in [-0.1, -0.05) is 53.7 Å². The first kappa shape index (κ1) is 24.6. The molecule has 4 fully saturated rings. The average molecular weight is 487 g/mol. The fraction of sp³-hybridized carbons (Fsp3) is 0.867. The molecule has 3 N–H and O–H groups in total. The Morgan fingerprint density at radius 1 is 0.971 bits per heavy atom. The van der Waals surface area contributed by atoms with Crippen molar-refractivity contribution < 1.29 is 24.8 Å². The van der Waals surface area contributed by atoms with Gasteiger partial charge in [-0.2, -0.15) is 0 Å². The van der Waals surface area contributed by atoms with Gasteiger partial charge in [0.2, 0.25) is 0 Å². The third-order valence-corrected chi connectivity index (χ3v) is 12.4. The molecule has 2 heterocycles. The van der Waals surface area contributed by atoms with Gasteiger partial charge in [0, 0.05) is 11.8 Å². The summed E-state index contributed by atoms with van der Waals surface area (Å²) in [5.74, 6) is 0.0130. The Hall–Kier alpha value is -0.720. The molecule has 6 rings (SSSR count). The van der Waals surface area contributed by atoms with E-state index in [0.29, 0.717) is 24.2 Å². The van der Waals surface area contributed by atoms with Crippen LogP contribution in [0.2, 0.25) is 0 Å². The standard InChI is InChI=1S/C30H46O5/c1-17-14-30(24(32)29(7,33)16-34-30)35-20-15-28(6)19-8-9-21-25(2,3)22(31)11-12-26(21,4)18(19)10-13-27(28,5)23(17)20/h8,10,17,20-24,31-33H,9,11-16H2,1-7H3/t17-,20+,21+,22+,23+,24-,26-,27-,28+,29+,30+/m1/s1. The molecule has 0 aromatic carbocycles. The SMILES string of the molecule is C[C@@H]1C[C@]2(OC[C@](C)(O)[C@H]2O)O[C@H]2C[C@@]3(C)C4=CC[C@H]5C(C)(C)[C@@H](O)CC[C@]5(C)C4=CC[C@]3(C)[C@@H]12. The highest BCUT2D eigenvalue weighted by molar-refractivity contribution is 5.50. The number of hydrogen-bond donors (Lipinski definition) is 3. The highest BCUT2D eigenvalue weighted by Crippen LogP contribution is 2.73. The molecule has 5 heteroatoms. The molecule has 1 spiro atoms. The fourth-order valence-corrected chi connectivity index (χ4v) is 10.2. The Balaban J connectivity index is 1.39. The number of fused-ring (bicyclic) bond motifs is 7. The van der Waals surface area contributed by atoms with Crippen molar-refractivity contribution in [2.45, 2.75) is 117 Å². The van der Waals surface area contributed by atoms with Gasteiger partial charge < -0.3 is 24.8 Å². The molecule has 2 saturated carbocycles. The van der Waals surface area contributed by atoms with Crippen LogP contribution in [0.1, 0.15) is 87.0 Å². The van der Waals surface area contributed by atoms with Crippen LogP contribution < -0.4 is 0 Å². The molecule has 11 atom stereocenters. The van der Waals surface area contributed by atoms with E-state index in [-0.39, 0.29) is 40.5 Å². The maximum Gasteiger partial charge on any atom is 0.198 e.